The molecular formula is C21H22FN. The number of dihydropyridines is 1. The third-order valence-corrected chi connectivity index (χ3v) is 4.29. The summed E-state index contributed by atoms with van der Waals surface area (Å²) in [7, 11) is 0. The summed E-state index contributed by atoms with van der Waals surface area (Å²) in [6, 6.07) is 14.1. The zero-order valence-corrected chi connectivity index (χ0v) is 13.6. The number of aryl methyl sites for hydroxylation is 2. The van der Waals surface area contributed by atoms with E-state index in [9.17, 15) is 4.39 Å². The molecule has 0 radical (unpaired) electrons. The van der Waals surface area contributed by atoms with Crippen LogP contribution in [0.3, 0.4) is 0 Å². The monoisotopic (exact) mass is 307 g/mol. The van der Waals surface area contributed by atoms with Gasteiger partial charge in [0, 0.05) is 0 Å². The average Bonchev–Trinajstić information content (AvgIpc) is 2.58. The summed E-state index contributed by atoms with van der Waals surface area (Å²) in [6.07, 6.45) is 8.36. The lowest BCUT2D eigenvalue weighted by Crippen LogP contribution is -2.19. The number of benzene rings is 2. The maximum Gasteiger partial charge on any atom is 0.126 e. The van der Waals surface area contributed by atoms with Crippen molar-refractivity contribution in [3.05, 3.63) is 88.9 Å². The highest BCUT2D eigenvalue weighted by Gasteiger charge is 2.19. The second-order valence-electron chi connectivity index (χ2n) is 6.04. The summed E-state index contributed by atoms with van der Waals surface area (Å²) in [5.74, 6) is -0.158. The van der Waals surface area contributed by atoms with Gasteiger partial charge in [-0.05, 0) is 59.5 Å². The highest BCUT2D eigenvalue weighted by Crippen LogP contribution is 2.33. The molecule has 0 aromatic heterocycles. The van der Waals surface area contributed by atoms with E-state index in [1.807, 2.05) is 24.4 Å². The van der Waals surface area contributed by atoms with Crippen LogP contribution >= 0.6 is 0 Å². The van der Waals surface area contributed by atoms with Crippen molar-refractivity contribution in [1.29, 1.82) is 0 Å². The molecule has 1 N–H and O–H groups in total. The van der Waals surface area contributed by atoms with E-state index < -0.39 is 0 Å². The first-order valence-electron chi connectivity index (χ1n) is 8.17. The van der Waals surface area contributed by atoms with Crippen LogP contribution in [0, 0.1) is 12.7 Å². The largest absolute Gasteiger partial charge is 0.380 e. The molecule has 1 atom stereocenters. The van der Waals surface area contributed by atoms with Gasteiger partial charge in [0.1, 0.15) is 5.82 Å². The van der Waals surface area contributed by atoms with Crippen molar-refractivity contribution in [3.8, 4) is 0 Å². The van der Waals surface area contributed by atoms with E-state index >= 15 is 0 Å². The Balaban J connectivity index is 1.93. The SMILES string of the molecule is CCCc1ccc(C2=CC=CNC2c2ccc(F)c(C)c2)cc1. The zero-order valence-electron chi connectivity index (χ0n) is 13.6. The van der Waals surface area contributed by atoms with Crippen LogP contribution in [0.5, 0.6) is 0 Å². The van der Waals surface area contributed by atoms with Gasteiger partial charge in [0.15, 0.2) is 0 Å². The Hall–Kier alpha value is -2.35. The highest BCUT2D eigenvalue weighted by molar-refractivity contribution is 5.74. The van der Waals surface area contributed by atoms with Crippen molar-refractivity contribution in [1.82, 2.24) is 5.32 Å². The zero-order chi connectivity index (χ0) is 16.2. The molecule has 0 spiro atoms. The molecule has 2 aromatic carbocycles. The van der Waals surface area contributed by atoms with Crippen molar-refractivity contribution in [2.75, 3.05) is 0 Å². The number of halogens is 1. The molecule has 1 aliphatic heterocycles. The van der Waals surface area contributed by atoms with Gasteiger partial charge in [-0.25, -0.2) is 4.39 Å². The van der Waals surface area contributed by atoms with Gasteiger partial charge >= 0.3 is 0 Å². The molecule has 3 rings (SSSR count). The molecule has 23 heavy (non-hydrogen) atoms. The van der Waals surface area contributed by atoms with Crippen molar-refractivity contribution in [3.63, 3.8) is 0 Å². The first kappa shape index (κ1) is 15.5. The van der Waals surface area contributed by atoms with E-state index in [1.165, 1.54) is 16.7 Å². The van der Waals surface area contributed by atoms with Crippen molar-refractivity contribution >= 4 is 5.57 Å². The third kappa shape index (κ3) is 3.37. The van der Waals surface area contributed by atoms with E-state index in [1.54, 1.807) is 13.0 Å². The molecule has 1 unspecified atom stereocenters. The molecule has 118 valence electrons. The quantitative estimate of drug-likeness (QED) is 0.805. The standard InChI is InChI=1S/C21H22FN/c1-3-5-16-7-9-17(10-8-16)19-6-4-13-23-21(19)18-11-12-20(22)15(2)14-18/h4,6-14,21,23H,3,5H2,1-2H3. The third-order valence-electron chi connectivity index (χ3n) is 4.29. The Morgan fingerprint density at radius 1 is 1.09 bits per heavy atom. The minimum atomic E-state index is -0.158. The van der Waals surface area contributed by atoms with E-state index in [4.69, 9.17) is 0 Å². The molecule has 1 heterocycles. The van der Waals surface area contributed by atoms with E-state index in [2.05, 4.69) is 42.6 Å². The molecule has 0 saturated heterocycles. The van der Waals surface area contributed by atoms with Crippen molar-refractivity contribution in [2.45, 2.75) is 32.7 Å². The first-order chi connectivity index (χ1) is 11.2. The highest BCUT2D eigenvalue weighted by atomic mass is 19.1. The van der Waals surface area contributed by atoms with Crippen LogP contribution in [-0.2, 0) is 6.42 Å². The molecule has 0 bridgehead atoms. The van der Waals surface area contributed by atoms with Gasteiger partial charge < -0.3 is 5.32 Å². The fraction of sp³-hybridized carbons (Fsp3) is 0.238. The van der Waals surface area contributed by atoms with Crippen LogP contribution < -0.4 is 5.32 Å². The molecule has 0 fully saturated rings. The van der Waals surface area contributed by atoms with Crippen molar-refractivity contribution < 1.29 is 4.39 Å². The number of rotatable bonds is 4. The topological polar surface area (TPSA) is 12.0 Å². The molecule has 1 aliphatic rings. The lowest BCUT2D eigenvalue weighted by molar-refractivity contribution is 0.616. The predicted octanol–water partition coefficient (Wildman–Crippen LogP) is 5.33. The van der Waals surface area contributed by atoms with Crippen molar-refractivity contribution in [2.24, 2.45) is 0 Å². The lowest BCUT2D eigenvalue weighted by atomic mass is 9.90. The second-order valence-corrected chi connectivity index (χ2v) is 6.04. The van der Waals surface area contributed by atoms with Gasteiger partial charge in [0.2, 0.25) is 0 Å². The Kier molecular flexibility index (Phi) is 4.61. The van der Waals surface area contributed by atoms with Gasteiger partial charge in [-0.2, -0.15) is 0 Å². The first-order valence-corrected chi connectivity index (χ1v) is 8.17. The molecule has 0 aliphatic carbocycles. The van der Waals surface area contributed by atoms with Gasteiger partial charge in [-0.1, -0.05) is 55.8 Å². The average molecular weight is 307 g/mol. The van der Waals surface area contributed by atoms with Crippen LogP contribution in [0.25, 0.3) is 5.57 Å². The number of hydrogen-bond donors (Lipinski definition) is 1. The van der Waals surface area contributed by atoms with Gasteiger partial charge in [0.05, 0.1) is 6.04 Å². The van der Waals surface area contributed by atoms with Crippen LogP contribution in [0.15, 0.2) is 60.8 Å². The number of nitrogens with one attached hydrogen (secondary N) is 1. The Morgan fingerprint density at radius 2 is 1.87 bits per heavy atom. The van der Waals surface area contributed by atoms with Gasteiger partial charge in [-0.3, -0.25) is 0 Å². The molecule has 0 saturated carbocycles. The summed E-state index contributed by atoms with van der Waals surface area (Å²) in [5, 5.41) is 3.40. The molecule has 1 nitrogen and oxygen atoms in total. The Labute approximate surface area is 137 Å². The lowest BCUT2D eigenvalue weighted by Gasteiger charge is -2.25. The summed E-state index contributed by atoms with van der Waals surface area (Å²) < 4.78 is 13.6. The molecular weight excluding hydrogens is 285 g/mol. The molecule has 2 heteroatoms. The normalized spacial score (nSPS) is 16.8. The molecule has 2 aromatic rings. The fourth-order valence-electron chi connectivity index (χ4n) is 3.03. The van der Waals surface area contributed by atoms with E-state index in [0.717, 1.165) is 18.4 Å². The van der Waals surface area contributed by atoms with Crippen LogP contribution in [0.4, 0.5) is 4.39 Å². The summed E-state index contributed by atoms with van der Waals surface area (Å²) in [6.45, 7) is 4.00. The number of allylic oxidation sites excluding steroid dienone is 2. The summed E-state index contributed by atoms with van der Waals surface area (Å²) in [5.41, 5.74) is 5.54. The van der Waals surface area contributed by atoms with E-state index in [0.29, 0.717) is 5.56 Å². The smallest absolute Gasteiger partial charge is 0.126 e. The van der Waals surface area contributed by atoms with E-state index in [-0.39, 0.29) is 11.9 Å². The summed E-state index contributed by atoms with van der Waals surface area (Å²) >= 11 is 0. The van der Waals surface area contributed by atoms with Gasteiger partial charge in [-0.15, -0.1) is 0 Å². The Bertz CT molecular complexity index is 741. The number of hydrogen-bond acceptors (Lipinski definition) is 1. The molecule has 0 amide bonds. The van der Waals surface area contributed by atoms with Crippen LogP contribution in [0.2, 0.25) is 0 Å². The van der Waals surface area contributed by atoms with Gasteiger partial charge in [0.25, 0.3) is 0 Å². The van der Waals surface area contributed by atoms with Crippen LogP contribution in [-0.4, -0.2) is 0 Å². The maximum absolute atomic E-state index is 13.6. The predicted molar refractivity (Wildman–Crippen MR) is 94.6 cm³/mol. The minimum Gasteiger partial charge on any atom is -0.380 e. The fourth-order valence-corrected chi connectivity index (χ4v) is 3.03. The Morgan fingerprint density at radius 3 is 2.57 bits per heavy atom. The maximum atomic E-state index is 13.6. The van der Waals surface area contributed by atoms with Crippen LogP contribution in [0.1, 0.15) is 41.6 Å². The second kappa shape index (κ2) is 6.82. The minimum absolute atomic E-state index is 0.0522. The summed E-state index contributed by atoms with van der Waals surface area (Å²) in [4.78, 5) is 0.